The molecule has 1 unspecified atom stereocenters. The van der Waals surface area contributed by atoms with Crippen LogP contribution in [0.4, 0.5) is 0 Å². The van der Waals surface area contributed by atoms with Crippen molar-refractivity contribution in [2.45, 2.75) is 82.8 Å². The van der Waals surface area contributed by atoms with Gasteiger partial charge in [-0.3, -0.25) is 0 Å². The number of hydrogen-bond donors (Lipinski definition) is 0. The van der Waals surface area contributed by atoms with Crippen molar-refractivity contribution in [2.24, 2.45) is 11.8 Å². The molecule has 4 aromatic carbocycles. The molecule has 0 spiro atoms. The van der Waals surface area contributed by atoms with E-state index in [0.717, 1.165) is 32.3 Å². The number of benzene rings is 4. The first-order valence-corrected chi connectivity index (χ1v) is 21.3. The van der Waals surface area contributed by atoms with Crippen LogP contribution in [-0.4, -0.2) is 58.6 Å². The summed E-state index contributed by atoms with van der Waals surface area (Å²) in [6.07, 6.45) is 7.94. The van der Waals surface area contributed by atoms with E-state index in [1.165, 1.54) is 10.4 Å². The quantitative estimate of drug-likeness (QED) is 0.0522. The highest BCUT2D eigenvalue weighted by Gasteiger charge is 2.53. The van der Waals surface area contributed by atoms with Crippen LogP contribution >= 0.6 is 0 Å². The Bertz CT molecular complexity index is 1730. The van der Waals surface area contributed by atoms with Gasteiger partial charge in [0.25, 0.3) is 8.32 Å². The minimum absolute atomic E-state index is 0.133. The molecule has 6 rings (SSSR count). The zero-order chi connectivity index (χ0) is 37.8. The summed E-state index contributed by atoms with van der Waals surface area (Å²) >= 11 is 0. The summed E-state index contributed by atoms with van der Waals surface area (Å²) in [7, 11) is -2.95. The fourth-order valence-electron chi connectivity index (χ4n) is 7.98. The van der Waals surface area contributed by atoms with E-state index >= 15 is 0 Å². The van der Waals surface area contributed by atoms with E-state index in [0.29, 0.717) is 37.2 Å². The Morgan fingerprint density at radius 2 is 1.22 bits per heavy atom. The average Bonchev–Trinajstić information content (AvgIpc) is 3.52. The third kappa shape index (κ3) is 9.66. The van der Waals surface area contributed by atoms with Crippen molar-refractivity contribution in [2.75, 3.05) is 19.8 Å². The predicted octanol–water partition coefficient (Wildman–Crippen LogP) is 8.53. The Balaban J connectivity index is 1.32. The van der Waals surface area contributed by atoms with Gasteiger partial charge < -0.3 is 23.4 Å². The first kappa shape index (κ1) is 39.4. The van der Waals surface area contributed by atoms with E-state index in [-0.39, 0.29) is 23.2 Å². The molecule has 5 atom stereocenters. The SMILES string of the molecule is CC(C)(C)[Si](OC[C@H]1[C@@H](C/C=C\CCOC2CCCCO2)[C@H](OC(=O)c2ccccc2)C[C@@H]1OC(=O)c1ccccc1)(c1ccccc1)c1ccccc1. The number of esters is 2. The van der Waals surface area contributed by atoms with Gasteiger partial charge in [0, 0.05) is 31.5 Å². The Kier molecular flexibility index (Phi) is 13.7. The van der Waals surface area contributed by atoms with Gasteiger partial charge in [0.2, 0.25) is 0 Å². The Morgan fingerprint density at radius 3 is 1.72 bits per heavy atom. The molecule has 284 valence electrons. The van der Waals surface area contributed by atoms with Crippen molar-refractivity contribution in [3.05, 3.63) is 145 Å². The van der Waals surface area contributed by atoms with Crippen molar-refractivity contribution < 1.29 is 33.0 Å². The summed E-state index contributed by atoms with van der Waals surface area (Å²) in [5, 5.41) is 2.09. The van der Waals surface area contributed by atoms with Gasteiger partial charge in [-0.15, -0.1) is 0 Å². The predicted molar refractivity (Wildman–Crippen MR) is 214 cm³/mol. The lowest BCUT2D eigenvalue weighted by Crippen LogP contribution is -2.67. The molecule has 1 aliphatic heterocycles. The van der Waals surface area contributed by atoms with E-state index in [1.54, 1.807) is 24.3 Å². The van der Waals surface area contributed by atoms with Gasteiger partial charge in [0.1, 0.15) is 12.2 Å². The van der Waals surface area contributed by atoms with Gasteiger partial charge in [-0.05, 0) is 71.8 Å². The molecule has 7 nitrogen and oxygen atoms in total. The number of carbonyl (C=O) groups is 2. The van der Waals surface area contributed by atoms with Crippen LogP contribution in [0.15, 0.2) is 133 Å². The smallest absolute Gasteiger partial charge is 0.338 e. The first-order valence-electron chi connectivity index (χ1n) is 19.4. The fourth-order valence-corrected chi connectivity index (χ4v) is 12.6. The van der Waals surface area contributed by atoms with Gasteiger partial charge in [0.15, 0.2) is 6.29 Å². The van der Waals surface area contributed by atoms with Gasteiger partial charge in [-0.25, -0.2) is 9.59 Å². The highest BCUT2D eigenvalue weighted by Crippen LogP contribution is 2.43. The molecule has 1 heterocycles. The Labute approximate surface area is 321 Å². The van der Waals surface area contributed by atoms with Gasteiger partial charge in [-0.2, -0.15) is 0 Å². The molecule has 0 aromatic heterocycles. The monoisotopic (exact) mass is 746 g/mol. The number of ether oxygens (including phenoxy) is 4. The van der Waals surface area contributed by atoms with Gasteiger partial charge in [0.05, 0.1) is 17.7 Å². The van der Waals surface area contributed by atoms with Crippen LogP contribution in [0.2, 0.25) is 5.04 Å². The summed E-state index contributed by atoms with van der Waals surface area (Å²) in [4.78, 5) is 27.3. The molecular formula is C46H54O7Si. The number of hydrogen-bond acceptors (Lipinski definition) is 7. The maximum Gasteiger partial charge on any atom is 0.338 e. The van der Waals surface area contributed by atoms with Crippen molar-refractivity contribution in [1.82, 2.24) is 0 Å². The molecule has 54 heavy (non-hydrogen) atoms. The lowest BCUT2D eigenvalue weighted by atomic mass is 9.91. The second-order valence-corrected chi connectivity index (χ2v) is 19.6. The van der Waals surface area contributed by atoms with Crippen LogP contribution in [0.5, 0.6) is 0 Å². The van der Waals surface area contributed by atoms with Crippen LogP contribution in [-0.2, 0) is 23.4 Å². The summed E-state index contributed by atoms with van der Waals surface area (Å²) in [5.74, 6) is -1.23. The molecule has 2 aliphatic rings. The molecule has 0 amide bonds. The second-order valence-electron chi connectivity index (χ2n) is 15.3. The summed E-state index contributed by atoms with van der Waals surface area (Å²) in [6.45, 7) is 8.40. The topological polar surface area (TPSA) is 80.3 Å². The first-order chi connectivity index (χ1) is 26.3. The number of rotatable bonds is 15. The molecule has 8 heteroatoms. The van der Waals surface area contributed by atoms with E-state index in [9.17, 15) is 9.59 Å². The van der Waals surface area contributed by atoms with Gasteiger partial charge in [-0.1, -0.05) is 130 Å². The van der Waals surface area contributed by atoms with Crippen LogP contribution in [0, 0.1) is 11.8 Å². The summed E-state index contributed by atoms with van der Waals surface area (Å²) < 4.78 is 31.9. The molecule has 1 aliphatic carbocycles. The van der Waals surface area contributed by atoms with Crippen LogP contribution in [0.1, 0.15) is 80.0 Å². The highest BCUT2D eigenvalue weighted by atomic mass is 28.4. The lowest BCUT2D eigenvalue weighted by Gasteiger charge is -2.44. The third-order valence-electron chi connectivity index (χ3n) is 10.7. The normalized spacial score (nSPS) is 21.9. The van der Waals surface area contributed by atoms with Crippen LogP contribution in [0.25, 0.3) is 0 Å². The molecule has 4 aromatic rings. The van der Waals surface area contributed by atoms with E-state index in [2.05, 4.69) is 81.5 Å². The summed E-state index contributed by atoms with van der Waals surface area (Å²) in [5.41, 5.74) is 0.964. The van der Waals surface area contributed by atoms with Gasteiger partial charge >= 0.3 is 11.9 Å². The summed E-state index contributed by atoms with van der Waals surface area (Å²) in [6, 6.07) is 39.2. The largest absolute Gasteiger partial charge is 0.458 e. The second kappa shape index (κ2) is 18.8. The average molecular weight is 747 g/mol. The Hall–Kier alpha value is -4.34. The maximum absolute atomic E-state index is 13.7. The molecule has 0 bridgehead atoms. The molecule has 0 radical (unpaired) electrons. The van der Waals surface area contributed by atoms with Crippen LogP contribution in [0.3, 0.4) is 0 Å². The van der Waals surface area contributed by atoms with Crippen molar-refractivity contribution >= 4 is 30.6 Å². The zero-order valence-corrected chi connectivity index (χ0v) is 32.8. The Morgan fingerprint density at radius 1 is 0.704 bits per heavy atom. The molecule has 2 fully saturated rings. The minimum atomic E-state index is -2.95. The van der Waals surface area contributed by atoms with Crippen molar-refractivity contribution in [3.63, 3.8) is 0 Å². The molecule has 1 saturated heterocycles. The fraction of sp³-hybridized carbons (Fsp3) is 0.391. The lowest BCUT2D eigenvalue weighted by molar-refractivity contribution is -0.161. The van der Waals surface area contributed by atoms with Crippen LogP contribution < -0.4 is 10.4 Å². The number of allylic oxidation sites excluding steroid dienone is 1. The van der Waals surface area contributed by atoms with E-state index < -0.39 is 32.5 Å². The van der Waals surface area contributed by atoms with Crippen molar-refractivity contribution in [3.8, 4) is 0 Å². The third-order valence-corrected chi connectivity index (χ3v) is 15.7. The standard InChI is InChI=1S/C46H54O7Si/c1-46(2,3)54(37-25-13-6-14-26-37,38-27-15-7-16-28-38)51-34-40-39(29-17-8-19-31-49-43-30-18-20-32-50-43)41(52-44(47)35-21-9-4-10-22-35)33-42(40)53-45(48)36-23-11-5-12-24-36/h4-17,21-28,39-43H,18-20,29-34H2,1-3H3/b17-8-/t39-,40+,41-,42+,43?/m1/s1. The molecule has 1 saturated carbocycles. The zero-order valence-electron chi connectivity index (χ0n) is 31.8. The van der Waals surface area contributed by atoms with Crippen molar-refractivity contribution in [1.29, 1.82) is 0 Å². The van der Waals surface area contributed by atoms with E-state index in [4.69, 9.17) is 23.4 Å². The van der Waals surface area contributed by atoms with E-state index in [1.807, 2.05) is 48.5 Å². The minimum Gasteiger partial charge on any atom is -0.458 e. The number of carbonyl (C=O) groups excluding carboxylic acids is 2. The molecular weight excluding hydrogens is 693 g/mol. The maximum atomic E-state index is 13.7. The highest BCUT2D eigenvalue weighted by molar-refractivity contribution is 6.99. The molecule has 0 N–H and O–H groups in total.